The van der Waals surface area contributed by atoms with Crippen LogP contribution in [0.1, 0.15) is 4.79 Å². The van der Waals surface area contributed by atoms with E-state index in [9.17, 15) is 4.79 Å². The summed E-state index contributed by atoms with van der Waals surface area (Å²) in [6.45, 7) is 0. The monoisotopic (exact) mass is 450 g/mol. The fraction of sp³-hybridized carbons (Fsp3) is 0.0385. The highest BCUT2D eigenvalue weighted by molar-refractivity contribution is 7.99. The number of benzene rings is 3. The zero-order valence-corrected chi connectivity index (χ0v) is 18.3. The van der Waals surface area contributed by atoms with E-state index in [4.69, 9.17) is 4.42 Å². The molecule has 0 spiro atoms. The minimum Gasteiger partial charge on any atom is -0.461 e. The topological polar surface area (TPSA) is 65.8 Å². The predicted octanol–water partition coefficient (Wildman–Crippen LogP) is 6.07. The lowest BCUT2D eigenvalue weighted by molar-refractivity contribution is 0.0951. The highest BCUT2D eigenvalue weighted by Crippen LogP contribution is 2.31. The van der Waals surface area contributed by atoms with Gasteiger partial charge in [0, 0.05) is 16.5 Å². The van der Waals surface area contributed by atoms with Crippen LogP contribution in [-0.4, -0.2) is 31.0 Å². The van der Waals surface area contributed by atoms with Gasteiger partial charge in [-0.05, 0) is 36.4 Å². The van der Waals surface area contributed by atoms with Crippen molar-refractivity contribution >= 4 is 39.5 Å². The standard InChI is InChI=1S/C26H18N4O2S/c31-24(30-21-13-6-4-11-19(21)20-12-5-7-14-22(20)30)17-33-26-28-27-25(23-15-8-16-32-23)29(26)18-9-2-1-3-10-18/h1-16H,17H2. The second-order valence-electron chi connectivity index (χ2n) is 7.51. The summed E-state index contributed by atoms with van der Waals surface area (Å²) in [6, 6.07) is 29.5. The van der Waals surface area contributed by atoms with Crippen molar-refractivity contribution in [1.82, 2.24) is 19.3 Å². The Kier molecular flexibility index (Phi) is 4.81. The van der Waals surface area contributed by atoms with Crippen molar-refractivity contribution in [3.8, 4) is 17.3 Å². The molecule has 3 aromatic carbocycles. The van der Waals surface area contributed by atoms with Gasteiger partial charge in [0.1, 0.15) is 0 Å². The van der Waals surface area contributed by atoms with E-state index < -0.39 is 0 Å². The highest BCUT2D eigenvalue weighted by Gasteiger charge is 2.21. The molecule has 0 amide bonds. The fourth-order valence-electron chi connectivity index (χ4n) is 4.12. The number of para-hydroxylation sites is 3. The number of furan rings is 1. The van der Waals surface area contributed by atoms with E-state index in [0.29, 0.717) is 16.7 Å². The Balaban J connectivity index is 1.38. The van der Waals surface area contributed by atoms with Crippen LogP contribution in [0, 0.1) is 0 Å². The molecule has 0 aliphatic heterocycles. The number of thioether (sulfide) groups is 1. The van der Waals surface area contributed by atoms with Crippen LogP contribution in [0.4, 0.5) is 0 Å². The molecule has 0 saturated heterocycles. The normalized spacial score (nSPS) is 11.4. The molecule has 3 aromatic heterocycles. The summed E-state index contributed by atoms with van der Waals surface area (Å²) in [7, 11) is 0. The van der Waals surface area contributed by atoms with E-state index in [1.54, 1.807) is 10.8 Å². The number of rotatable bonds is 5. The predicted molar refractivity (Wildman–Crippen MR) is 130 cm³/mol. The Morgan fingerprint density at radius 1 is 0.788 bits per heavy atom. The van der Waals surface area contributed by atoms with Crippen molar-refractivity contribution in [2.45, 2.75) is 5.16 Å². The molecule has 160 valence electrons. The SMILES string of the molecule is O=C(CSc1nnc(-c2ccco2)n1-c1ccccc1)n1c2ccccc2c2ccccc21. The first-order chi connectivity index (χ1) is 16.3. The Bertz CT molecular complexity index is 1530. The molecule has 0 aliphatic carbocycles. The molecule has 0 aliphatic rings. The van der Waals surface area contributed by atoms with Crippen LogP contribution in [0.25, 0.3) is 39.1 Å². The zero-order chi connectivity index (χ0) is 22.2. The lowest BCUT2D eigenvalue weighted by atomic mass is 10.2. The van der Waals surface area contributed by atoms with Gasteiger partial charge in [-0.15, -0.1) is 10.2 Å². The summed E-state index contributed by atoms with van der Waals surface area (Å²) in [5.74, 6) is 1.41. The van der Waals surface area contributed by atoms with Crippen LogP contribution in [0.2, 0.25) is 0 Å². The average molecular weight is 451 g/mol. The minimum atomic E-state index is -0.0143. The van der Waals surface area contributed by atoms with E-state index in [-0.39, 0.29) is 11.7 Å². The molecule has 7 heteroatoms. The summed E-state index contributed by atoms with van der Waals surface area (Å²) >= 11 is 1.36. The first-order valence-electron chi connectivity index (χ1n) is 10.5. The molecular weight excluding hydrogens is 432 g/mol. The lowest BCUT2D eigenvalue weighted by Crippen LogP contribution is -2.13. The van der Waals surface area contributed by atoms with Gasteiger partial charge < -0.3 is 4.42 Å². The van der Waals surface area contributed by atoms with Gasteiger partial charge in [0.2, 0.25) is 11.7 Å². The van der Waals surface area contributed by atoms with Crippen molar-refractivity contribution < 1.29 is 9.21 Å². The zero-order valence-electron chi connectivity index (χ0n) is 17.5. The molecule has 3 heterocycles. The molecule has 0 saturated carbocycles. The molecule has 33 heavy (non-hydrogen) atoms. The highest BCUT2D eigenvalue weighted by atomic mass is 32.2. The lowest BCUT2D eigenvalue weighted by Gasteiger charge is -2.09. The van der Waals surface area contributed by atoms with Crippen LogP contribution in [0.15, 0.2) is 107 Å². The van der Waals surface area contributed by atoms with E-state index in [0.717, 1.165) is 27.5 Å². The van der Waals surface area contributed by atoms with E-state index in [1.165, 1.54) is 11.8 Å². The van der Waals surface area contributed by atoms with Gasteiger partial charge in [-0.1, -0.05) is 66.4 Å². The third kappa shape index (κ3) is 3.34. The van der Waals surface area contributed by atoms with Crippen LogP contribution in [0.3, 0.4) is 0 Å². The number of aromatic nitrogens is 4. The maximum atomic E-state index is 13.5. The van der Waals surface area contributed by atoms with Crippen molar-refractivity contribution in [3.05, 3.63) is 97.3 Å². The maximum Gasteiger partial charge on any atom is 0.242 e. The summed E-state index contributed by atoms with van der Waals surface area (Å²) < 4.78 is 9.29. The summed E-state index contributed by atoms with van der Waals surface area (Å²) in [5.41, 5.74) is 2.72. The number of nitrogens with zero attached hydrogens (tertiary/aromatic N) is 4. The molecule has 6 nitrogen and oxygen atoms in total. The van der Waals surface area contributed by atoms with Crippen molar-refractivity contribution in [1.29, 1.82) is 0 Å². The van der Waals surface area contributed by atoms with Gasteiger partial charge >= 0.3 is 0 Å². The van der Waals surface area contributed by atoms with Gasteiger partial charge in [-0.3, -0.25) is 13.9 Å². The second-order valence-corrected chi connectivity index (χ2v) is 8.45. The molecule has 0 radical (unpaired) electrons. The van der Waals surface area contributed by atoms with Crippen molar-refractivity contribution in [2.24, 2.45) is 0 Å². The first kappa shape index (κ1) is 19.6. The van der Waals surface area contributed by atoms with Crippen LogP contribution >= 0.6 is 11.8 Å². The van der Waals surface area contributed by atoms with Gasteiger partial charge in [0.25, 0.3) is 0 Å². The van der Waals surface area contributed by atoms with Crippen molar-refractivity contribution in [2.75, 3.05) is 5.75 Å². The van der Waals surface area contributed by atoms with Crippen molar-refractivity contribution in [3.63, 3.8) is 0 Å². The summed E-state index contributed by atoms with van der Waals surface area (Å²) in [4.78, 5) is 13.5. The number of carbonyl (C=O) groups is 1. The fourth-order valence-corrected chi connectivity index (χ4v) is 4.92. The second kappa shape index (κ2) is 8.11. The Morgan fingerprint density at radius 2 is 1.45 bits per heavy atom. The summed E-state index contributed by atoms with van der Waals surface area (Å²) in [6.07, 6.45) is 1.61. The Morgan fingerprint density at radius 3 is 2.12 bits per heavy atom. The minimum absolute atomic E-state index is 0.0143. The quantitative estimate of drug-likeness (QED) is 0.298. The number of fused-ring (bicyclic) bond motifs is 3. The van der Waals surface area contributed by atoms with E-state index in [1.807, 2.05) is 83.4 Å². The molecule has 6 aromatic rings. The van der Waals surface area contributed by atoms with E-state index >= 15 is 0 Å². The number of hydrogen-bond donors (Lipinski definition) is 0. The number of carbonyl (C=O) groups excluding carboxylic acids is 1. The van der Waals surface area contributed by atoms with Gasteiger partial charge in [0.15, 0.2) is 10.9 Å². The molecule has 0 N–H and O–H groups in total. The third-order valence-corrected chi connectivity index (χ3v) is 6.46. The van der Waals surface area contributed by atoms with E-state index in [2.05, 4.69) is 22.3 Å². The van der Waals surface area contributed by atoms with Gasteiger partial charge in [-0.25, -0.2) is 0 Å². The molecule has 0 bridgehead atoms. The number of hydrogen-bond acceptors (Lipinski definition) is 5. The Labute approximate surface area is 193 Å². The molecule has 0 fully saturated rings. The van der Waals surface area contributed by atoms with Gasteiger partial charge in [-0.2, -0.15) is 0 Å². The maximum absolute atomic E-state index is 13.5. The van der Waals surface area contributed by atoms with Gasteiger partial charge in [0.05, 0.1) is 23.0 Å². The van der Waals surface area contributed by atoms with Crippen LogP contribution < -0.4 is 0 Å². The van der Waals surface area contributed by atoms with Crippen LogP contribution in [0.5, 0.6) is 0 Å². The van der Waals surface area contributed by atoms with Crippen LogP contribution in [-0.2, 0) is 0 Å². The smallest absolute Gasteiger partial charge is 0.242 e. The Hall–Kier alpha value is -4.10. The molecule has 0 atom stereocenters. The largest absolute Gasteiger partial charge is 0.461 e. The average Bonchev–Trinajstić information content (AvgIpc) is 3.60. The summed E-state index contributed by atoms with van der Waals surface area (Å²) in [5, 5.41) is 11.5. The molecule has 6 rings (SSSR count). The third-order valence-electron chi connectivity index (χ3n) is 5.54. The molecule has 0 unspecified atom stereocenters. The molecular formula is C26H18N4O2S. The first-order valence-corrected chi connectivity index (χ1v) is 11.5.